The number of fused-ring (bicyclic) bond motifs is 1. The molecular weight excluding hydrogens is 214 g/mol. The van der Waals surface area contributed by atoms with E-state index in [1.807, 2.05) is 19.1 Å². The average Bonchev–Trinajstić information content (AvgIpc) is 2.63. The number of rotatable bonds is 4. The van der Waals surface area contributed by atoms with E-state index in [1.54, 1.807) is 7.11 Å². The van der Waals surface area contributed by atoms with Crippen molar-refractivity contribution in [2.24, 2.45) is 5.73 Å². The minimum absolute atomic E-state index is 0.124. The van der Waals surface area contributed by atoms with E-state index in [0.717, 1.165) is 35.6 Å². The van der Waals surface area contributed by atoms with E-state index in [4.69, 9.17) is 10.5 Å². The number of hydrogen-bond donors (Lipinski definition) is 1. The van der Waals surface area contributed by atoms with Crippen molar-refractivity contribution in [2.75, 3.05) is 7.11 Å². The fraction of sp³-hybridized carbons (Fsp3) is 0.462. The highest BCUT2D eigenvalue weighted by molar-refractivity contribution is 5.77. The van der Waals surface area contributed by atoms with Crippen molar-refractivity contribution in [3.63, 3.8) is 0 Å². The molecule has 0 bridgehead atoms. The molecule has 1 unspecified atom stereocenters. The molecule has 1 heterocycles. The van der Waals surface area contributed by atoms with Gasteiger partial charge in [-0.3, -0.25) is 0 Å². The Morgan fingerprint density at radius 3 is 2.82 bits per heavy atom. The summed E-state index contributed by atoms with van der Waals surface area (Å²) in [6, 6.07) is 6.10. The van der Waals surface area contributed by atoms with E-state index in [2.05, 4.69) is 22.5 Å². The molecule has 0 saturated heterocycles. The van der Waals surface area contributed by atoms with Gasteiger partial charge in [0.25, 0.3) is 0 Å². The Bertz CT molecular complexity index is 517. The fourth-order valence-electron chi connectivity index (χ4n) is 2.08. The summed E-state index contributed by atoms with van der Waals surface area (Å²) in [6.07, 6.45) is 0.796. The first-order valence-electron chi connectivity index (χ1n) is 5.94. The topological polar surface area (TPSA) is 53.1 Å². The van der Waals surface area contributed by atoms with Gasteiger partial charge in [-0.1, -0.05) is 0 Å². The summed E-state index contributed by atoms with van der Waals surface area (Å²) in [6.45, 7) is 5.03. The number of aromatic nitrogens is 2. The molecule has 2 N–H and O–H groups in total. The summed E-state index contributed by atoms with van der Waals surface area (Å²) in [5.74, 6) is 1.89. The third-order valence-corrected chi connectivity index (χ3v) is 2.86. The summed E-state index contributed by atoms with van der Waals surface area (Å²) < 4.78 is 7.42. The van der Waals surface area contributed by atoms with E-state index >= 15 is 0 Å². The van der Waals surface area contributed by atoms with Gasteiger partial charge in [-0.25, -0.2) is 4.98 Å². The zero-order chi connectivity index (χ0) is 12.4. The highest BCUT2D eigenvalue weighted by Gasteiger charge is 2.11. The SMILES string of the molecule is CCn1c(CC(C)N)nc2cc(OC)ccc21. The van der Waals surface area contributed by atoms with Crippen molar-refractivity contribution in [3.8, 4) is 5.75 Å². The van der Waals surface area contributed by atoms with Crippen molar-refractivity contribution in [2.45, 2.75) is 32.9 Å². The maximum Gasteiger partial charge on any atom is 0.121 e. The van der Waals surface area contributed by atoms with Crippen LogP contribution in [0.2, 0.25) is 0 Å². The summed E-state index contributed by atoms with van der Waals surface area (Å²) in [4.78, 5) is 4.64. The van der Waals surface area contributed by atoms with Gasteiger partial charge in [0.15, 0.2) is 0 Å². The first-order valence-corrected chi connectivity index (χ1v) is 5.94. The molecule has 1 aromatic heterocycles. The summed E-state index contributed by atoms with van der Waals surface area (Å²) in [7, 11) is 1.67. The Labute approximate surface area is 101 Å². The fourth-order valence-corrected chi connectivity index (χ4v) is 2.08. The van der Waals surface area contributed by atoms with Crippen LogP contribution in [-0.2, 0) is 13.0 Å². The maximum absolute atomic E-state index is 5.85. The van der Waals surface area contributed by atoms with Crippen molar-refractivity contribution in [3.05, 3.63) is 24.0 Å². The minimum atomic E-state index is 0.124. The lowest BCUT2D eigenvalue weighted by molar-refractivity contribution is 0.415. The Kier molecular flexibility index (Phi) is 3.33. The molecule has 0 radical (unpaired) electrons. The zero-order valence-electron chi connectivity index (χ0n) is 10.6. The Morgan fingerprint density at radius 1 is 1.47 bits per heavy atom. The highest BCUT2D eigenvalue weighted by atomic mass is 16.5. The summed E-state index contributed by atoms with van der Waals surface area (Å²) >= 11 is 0. The molecule has 0 aliphatic rings. The van der Waals surface area contributed by atoms with Gasteiger partial charge in [-0.15, -0.1) is 0 Å². The molecule has 0 aliphatic carbocycles. The normalized spacial score (nSPS) is 12.9. The van der Waals surface area contributed by atoms with Crippen LogP contribution in [0.3, 0.4) is 0 Å². The third kappa shape index (κ3) is 2.26. The summed E-state index contributed by atoms with van der Waals surface area (Å²) in [5.41, 5.74) is 7.96. The van der Waals surface area contributed by atoms with Crippen molar-refractivity contribution in [1.29, 1.82) is 0 Å². The van der Waals surface area contributed by atoms with Gasteiger partial charge in [-0.2, -0.15) is 0 Å². The van der Waals surface area contributed by atoms with Crippen LogP contribution < -0.4 is 10.5 Å². The third-order valence-electron chi connectivity index (χ3n) is 2.86. The molecule has 0 saturated carbocycles. The molecule has 1 atom stereocenters. The van der Waals surface area contributed by atoms with Gasteiger partial charge in [0.1, 0.15) is 11.6 Å². The number of ether oxygens (including phenoxy) is 1. The largest absolute Gasteiger partial charge is 0.497 e. The number of nitrogens with two attached hydrogens (primary N) is 1. The molecule has 0 aliphatic heterocycles. The van der Waals surface area contributed by atoms with Gasteiger partial charge in [0, 0.05) is 25.1 Å². The Balaban J connectivity index is 2.53. The molecule has 92 valence electrons. The predicted octanol–water partition coefficient (Wildman–Crippen LogP) is 1.95. The van der Waals surface area contributed by atoms with Crippen LogP contribution in [0, 0.1) is 0 Å². The van der Waals surface area contributed by atoms with Crippen molar-refractivity contribution < 1.29 is 4.74 Å². The Morgan fingerprint density at radius 2 is 2.24 bits per heavy atom. The number of imidazole rings is 1. The molecule has 17 heavy (non-hydrogen) atoms. The second kappa shape index (κ2) is 4.75. The number of aryl methyl sites for hydroxylation is 1. The molecule has 0 fully saturated rings. The van der Waals surface area contributed by atoms with E-state index in [9.17, 15) is 0 Å². The standard InChI is InChI=1S/C13H19N3O/c1-4-16-12-6-5-10(17-3)8-11(12)15-13(16)7-9(2)14/h5-6,8-9H,4,7,14H2,1-3H3. The van der Waals surface area contributed by atoms with Crippen LogP contribution in [0.1, 0.15) is 19.7 Å². The first kappa shape index (κ1) is 11.9. The molecule has 0 spiro atoms. The number of hydrogen-bond acceptors (Lipinski definition) is 3. The van der Waals surface area contributed by atoms with Crippen LogP contribution in [-0.4, -0.2) is 22.7 Å². The van der Waals surface area contributed by atoms with Crippen molar-refractivity contribution in [1.82, 2.24) is 9.55 Å². The van der Waals surface area contributed by atoms with Gasteiger partial charge >= 0.3 is 0 Å². The number of nitrogens with zero attached hydrogens (tertiary/aromatic N) is 2. The van der Waals surface area contributed by atoms with E-state index in [-0.39, 0.29) is 6.04 Å². The lowest BCUT2D eigenvalue weighted by Crippen LogP contribution is -2.20. The molecule has 4 heteroatoms. The minimum Gasteiger partial charge on any atom is -0.497 e. The lowest BCUT2D eigenvalue weighted by Gasteiger charge is -2.07. The van der Waals surface area contributed by atoms with Crippen LogP contribution in [0.25, 0.3) is 11.0 Å². The Hall–Kier alpha value is -1.55. The van der Waals surface area contributed by atoms with Crippen LogP contribution in [0.4, 0.5) is 0 Å². The van der Waals surface area contributed by atoms with Crippen LogP contribution >= 0.6 is 0 Å². The maximum atomic E-state index is 5.85. The monoisotopic (exact) mass is 233 g/mol. The molecule has 2 rings (SSSR count). The zero-order valence-corrected chi connectivity index (χ0v) is 10.6. The van der Waals surface area contributed by atoms with Gasteiger partial charge in [-0.05, 0) is 26.0 Å². The van der Waals surface area contributed by atoms with Gasteiger partial charge in [0.05, 0.1) is 18.1 Å². The highest BCUT2D eigenvalue weighted by Crippen LogP contribution is 2.22. The summed E-state index contributed by atoms with van der Waals surface area (Å²) in [5, 5.41) is 0. The van der Waals surface area contributed by atoms with Crippen LogP contribution in [0.5, 0.6) is 5.75 Å². The second-order valence-corrected chi connectivity index (χ2v) is 4.31. The van der Waals surface area contributed by atoms with E-state index < -0.39 is 0 Å². The number of benzene rings is 1. The van der Waals surface area contributed by atoms with Gasteiger partial charge in [0.2, 0.25) is 0 Å². The lowest BCUT2D eigenvalue weighted by atomic mass is 10.2. The van der Waals surface area contributed by atoms with Gasteiger partial charge < -0.3 is 15.0 Å². The average molecular weight is 233 g/mol. The second-order valence-electron chi connectivity index (χ2n) is 4.31. The van der Waals surface area contributed by atoms with E-state index in [0.29, 0.717) is 0 Å². The molecule has 4 nitrogen and oxygen atoms in total. The smallest absolute Gasteiger partial charge is 0.121 e. The van der Waals surface area contributed by atoms with Crippen LogP contribution in [0.15, 0.2) is 18.2 Å². The molecule has 2 aromatic rings. The number of methoxy groups -OCH3 is 1. The predicted molar refractivity (Wildman–Crippen MR) is 69.3 cm³/mol. The molecule has 0 amide bonds. The first-order chi connectivity index (χ1) is 8.15. The van der Waals surface area contributed by atoms with E-state index in [1.165, 1.54) is 0 Å². The molecular formula is C13H19N3O. The quantitative estimate of drug-likeness (QED) is 0.878. The van der Waals surface area contributed by atoms with Crippen molar-refractivity contribution >= 4 is 11.0 Å². The molecule has 1 aromatic carbocycles.